The van der Waals surface area contributed by atoms with Gasteiger partial charge in [0.15, 0.2) is 5.75 Å². The Kier molecular flexibility index (Phi) is 5.07. The van der Waals surface area contributed by atoms with Gasteiger partial charge in [-0.05, 0) is 12.1 Å². The van der Waals surface area contributed by atoms with Crippen molar-refractivity contribution in [3.8, 4) is 11.5 Å². The topological polar surface area (TPSA) is 108 Å². The lowest BCUT2D eigenvalue weighted by Crippen LogP contribution is -2.31. The highest BCUT2D eigenvalue weighted by atomic mass is 16.6. The Bertz CT molecular complexity index is 474. The van der Waals surface area contributed by atoms with Crippen molar-refractivity contribution in [3.63, 3.8) is 0 Å². The minimum absolute atomic E-state index is 0.157. The first-order valence-corrected chi connectivity index (χ1v) is 5.20. The van der Waals surface area contributed by atoms with Gasteiger partial charge < -0.3 is 19.3 Å². The Morgan fingerprint density at radius 3 is 2.63 bits per heavy atom. The highest BCUT2D eigenvalue weighted by molar-refractivity contribution is 5.73. The Morgan fingerprint density at radius 1 is 1.47 bits per heavy atom. The van der Waals surface area contributed by atoms with Crippen LogP contribution >= 0.6 is 0 Å². The predicted octanol–water partition coefficient (Wildman–Crippen LogP) is 1.08. The van der Waals surface area contributed by atoms with E-state index >= 15 is 0 Å². The van der Waals surface area contributed by atoms with Gasteiger partial charge >= 0.3 is 11.7 Å². The van der Waals surface area contributed by atoms with Crippen LogP contribution in [0, 0.1) is 10.1 Å². The van der Waals surface area contributed by atoms with Crippen molar-refractivity contribution in [1.82, 2.24) is 0 Å². The van der Waals surface area contributed by atoms with Crippen LogP contribution in [0.25, 0.3) is 0 Å². The molecule has 8 nitrogen and oxygen atoms in total. The van der Waals surface area contributed by atoms with E-state index < -0.39 is 17.0 Å². The van der Waals surface area contributed by atoms with Crippen LogP contribution in [0.15, 0.2) is 18.2 Å². The van der Waals surface area contributed by atoms with Gasteiger partial charge in [0, 0.05) is 7.11 Å². The summed E-state index contributed by atoms with van der Waals surface area (Å²) in [6, 6.07) is 3.87. The number of hydrogen-bond acceptors (Lipinski definition) is 6. The maximum Gasteiger partial charge on any atom is 0.347 e. The molecule has 0 aromatic heterocycles. The minimum Gasteiger partial charge on any atom is -0.496 e. The summed E-state index contributed by atoms with van der Waals surface area (Å²) in [5.41, 5.74) is -0.373. The SMILES string of the molecule is COCC(Oc1ccc(OC)cc1[N+](=O)[O-])C(=O)O. The number of carbonyl (C=O) groups is 1. The molecule has 1 unspecified atom stereocenters. The molecule has 1 aromatic carbocycles. The second kappa shape index (κ2) is 6.55. The van der Waals surface area contributed by atoms with Gasteiger partial charge in [0.05, 0.1) is 24.7 Å². The normalized spacial score (nSPS) is 11.7. The van der Waals surface area contributed by atoms with E-state index in [1.54, 1.807) is 0 Å². The maximum absolute atomic E-state index is 10.9. The first kappa shape index (κ1) is 14.7. The van der Waals surface area contributed by atoms with Crippen LogP contribution in [0.2, 0.25) is 0 Å². The molecule has 0 aliphatic carbocycles. The number of rotatable bonds is 7. The molecule has 0 saturated heterocycles. The zero-order chi connectivity index (χ0) is 14.4. The van der Waals surface area contributed by atoms with Crippen LogP contribution in [0.1, 0.15) is 0 Å². The fourth-order valence-electron chi connectivity index (χ4n) is 1.33. The molecule has 0 aliphatic heterocycles. The van der Waals surface area contributed by atoms with Gasteiger partial charge in [-0.15, -0.1) is 0 Å². The molecule has 104 valence electrons. The Morgan fingerprint density at radius 2 is 2.16 bits per heavy atom. The molecule has 0 heterocycles. The highest BCUT2D eigenvalue weighted by Crippen LogP contribution is 2.31. The monoisotopic (exact) mass is 271 g/mol. The third kappa shape index (κ3) is 3.81. The molecular weight excluding hydrogens is 258 g/mol. The summed E-state index contributed by atoms with van der Waals surface area (Å²) in [6.07, 6.45) is -1.32. The van der Waals surface area contributed by atoms with Gasteiger partial charge in [0.25, 0.3) is 0 Å². The number of nitro groups is 1. The standard InChI is InChI=1S/C11H13NO7/c1-17-6-10(11(13)14)19-9-4-3-7(18-2)5-8(9)12(15)16/h3-5,10H,6H2,1-2H3,(H,13,14). The van der Waals surface area contributed by atoms with Crippen LogP contribution in [0.4, 0.5) is 5.69 Å². The fraction of sp³-hybridized carbons (Fsp3) is 0.364. The summed E-state index contributed by atoms with van der Waals surface area (Å²) in [4.78, 5) is 21.1. The summed E-state index contributed by atoms with van der Waals surface area (Å²) in [6.45, 7) is -0.224. The van der Waals surface area contributed by atoms with Crippen molar-refractivity contribution in [2.24, 2.45) is 0 Å². The van der Waals surface area contributed by atoms with Gasteiger partial charge in [-0.1, -0.05) is 0 Å². The van der Waals surface area contributed by atoms with E-state index in [1.807, 2.05) is 0 Å². The van der Waals surface area contributed by atoms with E-state index in [-0.39, 0.29) is 23.8 Å². The lowest BCUT2D eigenvalue weighted by Gasteiger charge is -2.14. The van der Waals surface area contributed by atoms with Crippen LogP contribution in [-0.4, -0.2) is 42.9 Å². The summed E-state index contributed by atoms with van der Waals surface area (Å²) < 4.78 is 14.6. The van der Waals surface area contributed by atoms with E-state index in [1.165, 1.54) is 26.4 Å². The number of methoxy groups -OCH3 is 2. The molecule has 1 aromatic rings. The van der Waals surface area contributed by atoms with Crippen molar-refractivity contribution in [1.29, 1.82) is 0 Å². The summed E-state index contributed by atoms with van der Waals surface area (Å²) in [5.74, 6) is -1.15. The number of nitrogens with zero attached hydrogens (tertiary/aromatic N) is 1. The van der Waals surface area contributed by atoms with Crippen molar-refractivity contribution in [2.75, 3.05) is 20.8 Å². The highest BCUT2D eigenvalue weighted by Gasteiger charge is 2.24. The zero-order valence-corrected chi connectivity index (χ0v) is 10.4. The van der Waals surface area contributed by atoms with Gasteiger partial charge in [-0.25, -0.2) is 4.79 Å². The molecule has 1 atom stereocenters. The second-order valence-corrected chi connectivity index (χ2v) is 3.49. The molecule has 0 spiro atoms. The lowest BCUT2D eigenvalue weighted by molar-refractivity contribution is -0.386. The Hall–Kier alpha value is -2.35. The van der Waals surface area contributed by atoms with E-state index in [0.717, 1.165) is 6.07 Å². The van der Waals surface area contributed by atoms with Crippen molar-refractivity contribution in [2.45, 2.75) is 6.10 Å². The average molecular weight is 271 g/mol. The number of carboxylic acids is 1. The van der Waals surface area contributed by atoms with Crippen LogP contribution in [0.3, 0.4) is 0 Å². The maximum atomic E-state index is 10.9. The Labute approximate surface area is 108 Å². The molecule has 19 heavy (non-hydrogen) atoms. The smallest absolute Gasteiger partial charge is 0.347 e. The molecule has 0 radical (unpaired) electrons. The van der Waals surface area contributed by atoms with Crippen LogP contribution in [-0.2, 0) is 9.53 Å². The molecule has 0 amide bonds. The first-order valence-electron chi connectivity index (χ1n) is 5.20. The molecule has 0 bridgehead atoms. The molecule has 1 rings (SSSR count). The van der Waals surface area contributed by atoms with Gasteiger partial charge in [0.1, 0.15) is 5.75 Å². The number of hydrogen-bond donors (Lipinski definition) is 1. The fourth-order valence-corrected chi connectivity index (χ4v) is 1.33. The average Bonchev–Trinajstić information content (AvgIpc) is 2.38. The predicted molar refractivity (Wildman–Crippen MR) is 63.6 cm³/mol. The molecule has 0 aliphatic rings. The third-order valence-corrected chi connectivity index (χ3v) is 2.23. The number of benzene rings is 1. The number of ether oxygens (including phenoxy) is 3. The van der Waals surface area contributed by atoms with Crippen LogP contribution in [0.5, 0.6) is 11.5 Å². The van der Waals surface area contributed by atoms with Gasteiger partial charge in [-0.2, -0.15) is 0 Å². The number of carboxylic acid groups (broad SMARTS) is 1. The van der Waals surface area contributed by atoms with E-state index in [0.29, 0.717) is 0 Å². The number of aliphatic carboxylic acids is 1. The second-order valence-electron chi connectivity index (χ2n) is 3.49. The van der Waals surface area contributed by atoms with Gasteiger partial charge in [0.2, 0.25) is 6.10 Å². The largest absolute Gasteiger partial charge is 0.496 e. The Balaban J connectivity index is 3.05. The van der Waals surface area contributed by atoms with E-state index in [9.17, 15) is 14.9 Å². The summed E-state index contributed by atoms with van der Waals surface area (Å²) >= 11 is 0. The van der Waals surface area contributed by atoms with E-state index in [4.69, 9.17) is 14.6 Å². The summed E-state index contributed by atoms with van der Waals surface area (Å²) in [5, 5.41) is 19.8. The molecule has 0 saturated carbocycles. The third-order valence-electron chi connectivity index (χ3n) is 2.23. The lowest BCUT2D eigenvalue weighted by atomic mass is 10.2. The summed E-state index contributed by atoms with van der Waals surface area (Å²) in [7, 11) is 2.67. The first-order chi connectivity index (χ1) is 8.99. The minimum atomic E-state index is -1.32. The van der Waals surface area contributed by atoms with Gasteiger partial charge in [-0.3, -0.25) is 10.1 Å². The molecule has 0 fully saturated rings. The zero-order valence-electron chi connectivity index (χ0n) is 10.4. The molecular formula is C11H13NO7. The molecule has 1 N–H and O–H groups in total. The quantitative estimate of drug-likeness (QED) is 0.583. The van der Waals surface area contributed by atoms with Crippen molar-refractivity contribution < 1.29 is 29.0 Å². The van der Waals surface area contributed by atoms with Crippen LogP contribution < -0.4 is 9.47 Å². The van der Waals surface area contributed by atoms with Crippen molar-refractivity contribution in [3.05, 3.63) is 28.3 Å². The van der Waals surface area contributed by atoms with E-state index in [2.05, 4.69) is 4.74 Å². The molecule has 8 heteroatoms. The number of nitro benzene ring substituents is 1. The van der Waals surface area contributed by atoms with Crippen molar-refractivity contribution >= 4 is 11.7 Å².